The van der Waals surface area contributed by atoms with Gasteiger partial charge in [0.05, 0.1) is 30.3 Å². The van der Waals surface area contributed by atoms with Gasteiger partial charge < -0.3 is 14.8 Å². The van der Waals surface area contributed by atoms with Crippen molar-refractivity contribution in [3.63, 3.8) is 0 Å². The lowest BCUT2D eigenvalue weighted by molar-refractivity contribution is 0.356. The molecule has 0 amide bonds. The van der Waals surface area contributed by atoms with Gasteiger partial charge in [0, 0.05) is 34.1 Å². The molecule has 6 heteroatoms. The Kier molecular flexibility index (Phi) is 5.59. The molecule has 2 aromatic carbocycles. The molecule has 0 aliphatic carbocycles. The van der Waals surface area contributed by atoms with E-state index in [2.05, 4.69) is 59.2 Å². The normalized spacial score (nSPS) is 11.3. The van der Waals surface area contributed by atoms with E-state index in [4.69, 9.17) is 14.5 Å². The first-order chi connectivity index (χ1) is 15.2. The second kappa shape index (κ2) is 8.67. The van der Waals surface area contributed by atoms with E-state index in [-0.39, 0.29) is 0 Å². The fourth-order valence-corrected chi connectivity index (χ4v) is 5.53. The number of rotatable bonds is 7. The number of methoxy groups -OCH3 is 2. The molecule has 31 heavy (non-hydrogen) atoms. The first kappa shape index (κ1) is 20.0. The molecule has 3 aromatic heterocycles. The minimum Gasteiger partial charge on any atom is -0.493 e. The van der Waals surface area contributed by atoms with Gasteiger partial charge in [-0.25, -0.2) is 4.98 Å². The average molecular weight is 447 g/mol. The van der Waals surface area contributed by atoms with Gasteiger partial charge in [-0.05, 0) is 46.7 Å². The summed E-state index contributed by atoms with van der Waals surface area (Å²) in [5.74, 6) is 1.40. The number of hydrogen-bond acceptors (Lipinski definition) is 6. The summed E-state index contributed by atoms with van der Waals surface area (Å²) in [5.41, 5.74) is 3.08. The number of benzene rings is 2. The third-order valence-electron chi connectivity index (χ3n) is 5.24. The maximum absolute atomic E-state index is 5.49. The molecule has 1 N–H and O–H groups in total. The Hall–Kier alpha value is -2.93. The summed E-state index contributed by atoms with van der Waals surface area (Å²) in [6.45, 7) is 1.56. The monoisotopic (exact) mass is 446 g/mol. The van der Waals surface area contributed by atoms with Crippen molar-refractivity contribution in [1.82, 2.24) is 10.3 Å². The fraction of sp³-hybridized carbons (Fsp3) is 0.160. The summed E-state index contributed by atoms with van der Waals surface area (Å²) in [4.78, 5) is 7.49. The molecular weight excluding hydrogens is 424 g/mol. The molecule has 0 aliphatic rings. The van der Waals surface area contributed by atoms with Crippen LogP contribution in [0.1, 0.15) is 10.4 Å². The van der Waals surface area contributed by atoms with E-state index in [1.54, 1.807) is 25.6 Å². The zero-order valence-electron chi connectivity index (χ0n) is 17.3. The van der Waals surface area contributed by atoms with Crippen molar-refractivity contribution in [2.75, 3.05) is 14.2 Å². The van der Waals surface area contributed by atoms with Gasteiger partial charge in [-0.1, -0.05) is 24.3 Å². The van der Waals surface area contributed by atoms with Gasteiger partial charge in [-0.15, -0.1) is 22.7 Å². The van der Waals surface area contributed by atoms with E-state index < -0.39 is 0 Å². The minimum absolute atomic E-state index is 0.690. The Bertz CT molecular complexity index is 1310. The first-order valence-corrected chi connectivity index (χ1v) is 11.7. The number of thiophene rings is 2. The third-order valence-corrected chi connectivity index (χ3v) is 7.24. The van der Waals surface area contributed by atoms with Crippen LogP contribution in [0, 0.1) is 0 Å². The molecule has 3 heterocycles. The maximum atomic E-state index is 5.49. The van der Waals surface area contributed by atoms with Crippen molar-refractivity contribution in [1.29, 1.82) is 0 Å². The van der Waals surface area contributed by atoms with Crippen LogP contribution in [0.4, 0.5) is 0 Å². The largest absolute Gasteiger partial charge is 0.493 e. The zero-order chi connectivity index (χ0) is 21.2. The summed E-state index contributed by atoms with van der Waals surface area (Å²) in [6, 6.07) is 21.1. The summed E-state index contributed by atoms with van der Waals surface area (Å²) >= 11 is 3.54. The molecule has 156 valence electrons. The molecule has 0 atom stereocenters. The van der Waals surface area contributed by atoms with Gasteiger partial charge >= 0.3 is 0 Å². The zero-order valence-corrected chi connectivity index (χ0v) is 19.0. The van der Waals surface area contributed by atoms with Gasteiger partial charge in [0.25, 0.3) is 0 Å². The van der Waals surface area contributed by atoms with Gasteiger partial charge in [-0.3, -0.25) is 0 Å². The predicted octanol–water partition coefficient (Wildman–Crippen LogP) is 6.49. The second-order valence-corrected chi connectivity index (χ2v) is 9.34. The van der Waals surface area contributed by atoms with Gasteiger partial charge in [0.2, 0.25) is 0 Å². The average Bonchev–Trinajstić information content (AvgIpc) is 3.47. The Morgan fingerprint density at radius 1 is 0.871 bits per heavy atom. The molecule has 0 fully saturated rings. The molecule has 0 aliphatic heterocycles. The molecule has 0 radical (unpaired) electrons. The van der Waals surface area contributed by atoms with E-state index in [9.17, 15) is 0 Å². The molecule has 0 saturated carbocycles. The molecule has 0 bridgehead atoms. The molecule has 5 rings (SSSR count). The van der Waals surface area contributed by atoms with Crippen LogP contribution in [-0.4, -0.2) is 19.2 Å². The van der Waals surface area contributed by atoms with Crippen LogP contribution in [0.15, 0.2) is 66.0 Å². The van der Waals surface area contributed by atoms with Crippen molar-refractivity contribution in [2.24, 2.45) is 0 Å². The Labute approximate surface area is 189 Å². The van der Waals surface area contributed by atoms with Crippen molar-refractivity contribution in [2.45, 2.75) is 13.1 Å². The lowest BCUT2D eigenvalue weighted by Crippen LogP contribution is -2.13. The maximum Gasteiger partial charge on any atom is 0.162 e. The van der Waals surface area contributed by atoms with E-state index in [0.717, 1.165) is 34.6 Å². The van der Waals surface area contributed by atoms with Crippen molar-refractivity contribution >= 4 is 43.7 Å². The number of hydrogen-bond donors (Lipinski definition) is 1. The number of ether oxygens (including phenoxy) is 2. The quantitative estimate of drug-likeness (QED) is 0.310. The number of nitrogens with zero attached hydrogens (tertiary/aromatic N) is 1. The highest BCUT2D eigenvalue weighted by Gasteiger charge is 2.14. The number of pyridine rings is 1. The minimum atomic E-state index is 0.690. The highest BCUT2D eigenvalue weighted by Crippen LogP contribution is 2.35. The fourth-order valence-electron chi connectivity index (χ4n) is 3.75. The first-order valence-electron chi connectivity index (χ1n) is 10.0. The number of nitrogens with one attached hydrogen (secondary N) is 1. The Morgan fingerprint density at radius 2 is 1.71 bits per heavy atom. The van der Waals surface area contributed by atoms with Crippen LogP contribution >= 0.6 is 22.7 Å². The standard InChI is InChI=1S/C25H22N2O2S2/c1-28-21-12-17-10-18(14-26-15-19-11-16-6-3-4-7-23(16)31-19)25(24-8-5-9-30-24)27-20(17)13-22(21)29-2/h3-13,26H,14-15H2,1-2H3. The Morgan fingerprint density at radius 3 is 2.48 bits per heavy atom. The van der Waals surface area contributed by atoms with Gasteiger partial charge in [-0.2, -0.15) is 0 Å². The SMILES string of the molecule is COc1cc2cc(CNCc3cc4ccccc4s3)c(-c3cccs3)nc2cc1OC. The van der Waals surface area contributed by atoms with E-state index >= 15 is 0 Å². The summed E-state index contributed by atoms with van der Waals surface area (Å²) < 4.78 is 12.3. The predicted molar refractivity (Wildman–Crippen MR) is 131 cm³/mol. The molecule has 0 saturated heterocycles. The lowest BCUT2D eigenvalue weighted by atomic mass is 10.1. The second-order valence-electron chi connectivity index (χ2n) is 7.23. The number of aromatic nitrogens is 1. The highest BCUT2D eigenvalue weighted by molar-refractivity contribution is 7.19. The van der Waals surface area contributed by atoms with E-state index in [1.807, 2.05) is 23.5 Å². The van der Waals surface area contributed by atoms with E-state index in [0.29, 0.717) is 11.5 Å². The van der Waals surface area contributed by atoms with Crippen LogP contribution in [0.2, 0.25) is 0 Å². The van der Waals surface area contributed by atoms with Crippen LogP contribution in [0.3, 0.4) is 0 Å². The van der Waals surface area contributed by atoms with Crippen LogP contribution in [0.25, 0.3) is 31.6 Å². The van der Waals surface area contributed by atoms with Gasteiger partial charge in [0.1, 0.15) is 0 Å². The number of fused-ring (bicyclic) bond motifs is 2. The van der Waals surface area contributed by atoms with Crippen molar-refractivity contribution < 1.29 is 9.47 Å². The van der Waals surface area contributed by atoms with Crippen LogP contribution in [-0.2, 0) is 13.1 Å². The van der Waals surface area contributed by atoms with Crippen LogP contribution in [0.5, 0.6) is 11.5 Å². The summed E-state index contributed by atoms with van der Waals surface area (Å²) in [7, 11) is 3.31. The lowest BCUT2D eigenvalue weighted by Gasteiger charge is -2.13. The summed E-state index contributed by atoms with van der Waals surface area (Å²) in [5, 5.41) is 8.05. The smallest absolute Gasteiger partial charge is 0.162 e. The third kappa shape index (κ3) is 4.02. The summed E-state index contributed by atoms with van der Waals surface area (Å²) in [6.07, 6.45) is 0. The van der Waals surface area contributed by atoms with Gasteiger partial charge in [0.15, 0.2) is 11.5 Å². The van der Waals surface area contributed by atoms with Crippen molar-refractivity contribution in [3.8, 4) is 22.1 Å². The molecule has 0 spiro atoms. The highest BCUT2D eigenvalue weighted by atomic mass is 32.1. The van der Waals surface area contributed by atoms with Crippen molar-refractivity contribution in [3.05, 3.63) is 76.5 Å². The molecular formula is C25H22N2O2S2. The molecule has 5 aromatic rings. The topological polar surface area (TPSA) is 43.4 Å². The van der Waals surface area contributed by atoms with Crippen LogP contribution < -0.4 is 14.8 Å². The molecule has 4 nitrogen and oxygen atoms in total. The molecule has 0 unspecified atom stereocenters. The Balaban J connectivity index is 1.47. The van der Waals surface area contributed by atoms with E-state index in [1.165, 1.54) is 20.5 Å².